The van der Waals surface area contributed by atoms with Crippen LogP contribution in [0, 0.1) is 5.92 Å². The third kappa shape index (κ3) is 5.52. The summed E-state index contributed by atoms with van der Waals surface area (Å²) in [6.07, 6.45) is 2.20. The molecule has 0 radical (unpaired) electrons. The summed E-state index contributed by atoms with van der Waals surface area (Å²) in [6, 6.07) is 7.48. The number of carbonyl (C=O) groups is 2. The van der Waals surface area contributed by atoms with Crippen LogP contribution in [0.4, 0.5) is 5.69 Å². The number of benzene rings is 1. The van der Waals surface area contributed by atoms with Crippen LogP contribution in [0.5, 0.6) is 0 Å². The molecule has 1 aliphatic rings. The maximum atomic E-state index is 11.9. The van der Waals surface area contributed by atoms with Gasteiger partial charge in [0.1, 0.15) is 0 Å². The van der Waals surface area contributed by atoms with Crippen molar-refractivity contribution in [2.75, 3.05) is 5.32 Å². The van der Waals surface area contributed by atoms with Gasteiger partial charge in [-0.25, -0.2) is 0 Å². The zero-order valence-corrected chi connectivity index (χ0v) is 14.7. The zero-order chi connectivity index (χ0) is 16.3. The minimum absolute atomic E-state index is 0. The molecule has 1 atom stereocenters. The monoisotopic (exact) mass is 339 g/mol. The molecule has 1 aliphatic carbocycles. The van der Waals surface area contributed by atoms with Gasteiger partial charge in [-0.15, -0.1) is 12.4 Å². The Hall–Kier alpha value is -1.59. The molecule has 0 aliphatic heterocycles. The molecule has 0 unspecified atom stereocenters. The summed E-state index contributed by atoms with van der Waals surface area (Å²) in [5.74, 6) is 0.0378. The van der Waals surface area contributed by atoms with Crippen LogP contribution in [-0.4, -0.2) is 28.8 Å². The van der Waals surface area contributed by atoms with Gasteiger partial charge in [0.05, 0.1) is 6.04 Å². The van der Waals surface area contributed by atoms with Gasteiger partial charge in [-0.3, -0.25) is 9.59 Å². The number of anilines is 1. The number of nitrogens with one attached hydrogen (secondary N) is 1. The Kier molecular flexibility index (Phi) is 7.03. The Morgan fingerprint density at radius 3 is 2.26 bits per heavy atom. The van der Waals surface area contributed by atoms with Gasteiger partial charge in [0.15, 0.2) is 0 Å². The lowest BCUT2D eigenvalue weighted by Crippen LogP contribution is -2.39. The fraction of sp³-hybridized carbons (Fsp3) is 0.529. The van der Waals surface area contributed by atoms with E-state index in [9.17, 15) is 9.59 Å². The topological polar surface area (TPSA) is 75.4 Å². The van der Waals surface area contributed by atoms with E-state index in [-0.39, 0.29) is 30.1 Å². The second-order valence-electron chi connectivity index (χ2n) is 6.33. The lowest BCUT2D eigenvalue weighted by molar-refractivity contribution is -0.130. The number of halogens is 1. The Bertz CT molecular complexity index is 541. The Morgan fingerprint density at radius 1 is 1.26 bits per heavy atom. The van der Waals surface area contributed by atoms with Crippen LogP contribution in [0.25, 0.3) is 0 Å². The smallest absolute Gasteiger partial charge is 0.241 e. The van der Waals surface area contributed by atoms with Gasteiger partial charge >= 0.3 is 0 Å². The normalized spacial score (nSPS) is 14.8. The van der Waals surface area contributed by atoms with E-state index in [1.807, 2.05) is 43.0 Å². The van der Waals surface area contributed by atoms with Gasteiger partial charge in [-0.05, 0) is 36.5 Å². The lowest BCUT2D eigenvalue weighted by Gasteiger charge is -2.21. The summed E-state index contributed by atoms with van der Waals surface area (Å²) in [7, 11) is 0. The number of nitrogens with two attached hydrogens (primary N) is 1. The van der Waals surface area contributed by atoms with Crippen molar-refractivity contribution in [1.82, 2.24) is 4.90 Å². The summed E-state index contributed by atoms with van der Waals surface area (Å²) in [6.45, 7) is 6.07. The van der Waals surface area contributed by atoms with Crippen molar-refractivity contribution in [1.29, 1.82) is 0 Å². The molecular weight excluding hydrogens is 314 g/mol. The lowest BCUT2D eigenvalue weighted by atomic mass is 10.0. The van der Waals surface area contributed by atoms with Crippen LogP contribution in [-0.2, 0) is 16.1 Å². The molecule has 128 valence electrons. The number of carbonyl (C=O) groups excluding carboxylic acids is 2. The molecule has 0 spiro atoms. The van der Waals surface area contributed by atoms with E-state index in [1.165, 1.54) is 0 Å². The van der Waals surface area contributed by atoms with Crippen molar-refractivity contribution in [3.63, 3.8) is 0 Å². The Labute approximate surface area is 144 Å². The fourth-order valence-electron chi connectivity index (χ4n) is 2.30. The van der Waals surface area contributed by atoms with E-state index in [1.54, 1.807) is 6.92 Å². The van der Waals surface area contributed by atoms with E-state index in [0.29, 0.717) is 12.6 Å². The number of amides is 2. The average molecular weight is 340 g/mol. The number of hydrogen-bond acceptors (Lipinski definition) is 3. The highest BCUT2D eigenvalue weighted by molar-refractivity contribution is 5.94. The molecule has 3 N–H and O–H groups in total. The summed E-state index contributed by atoms with van der Waals surface area (Å²) >= 11 is 0. The predicted octanol–water partition coefficient (Wildman–Crippen LogP) is 2.54. The first-order chi connectivity index (χ1) is 10.4. The van der Waals surface area contributed by atoms with Crippen LogP contribution in [0.1, 0.15) is 39.2 Å². The summed E-state index contributed by atoms with van der Waals surface area (Å²) in [5, 5.41) is 2.82. The van der Waals surface area contributed by atoms with Crippen molar-refractivity contribution in [2.24, 2.45) is 11.7 Å². The molecule has 2 rings (SSSR count). The molecule has 1 aromatic carbocycles. The van der Waals surface area contributed by atoms with Crippen molar-refractivity contribution < 1.29 is 9.59 Å². The molecule has 0 bridgehead atoms. The van der Waals surface area contributed by atoms with E-state index in [0.717, 1.165) is 24.1 Å². The summed E-state index contributed by atoms with van der Waals surface area (Å²) in [4.78, 5) is 25.5. The standard InChI is InChI=1S/C17H25N3O2.ClH/c1-11(2)16(18)17(22)19-14-6-4-13(5-7-14)10-20(12(3)21)15-8-9-15;/h4-7,11,15-16H,8-10,18H2,1-3H3,(H,19,22);1H/t16-;/m0./s1. The van der Waals surface area contributed by atoms with Gasteiger partial charge in [0.2, 0.25) is 11.8 Å². The third-order valence-electron chi connectivity index (χ3n) is 3.99. The molecule has 1 fully saturated rings. The highest BCUT2D eigenvalue weighted by Crippen LogP contribution is 2.28. The third-order valence-corrected chi connectivity index (χ3v) is 3.99. The highest BCUT2D eigenvalue weighted by atomic mass is 35.5. The number of rotatable bonds is 6. The van der Waals surface area contributed by atoms with Crippen LogP contribution in [0.15, 0.2) is 24.3 Å². The summed E-state index contributed by atoms with van der Waals surface area (Å²) in [5.41, 5.74) is 7.61. The van der Waals surface area contributed by atoms with Crippen molar-refractivity contribution >= 4 is 29.9 Å². The molecule has 1 saturated carbocycles. The second kappa shape index (κ2) is 8.31. The van der Waals surface area contributed by atoms with Gasteiger partial charge in [0, 0.05) is 25.2 Å². The molecule has 23 heavy (non-hydrogen) atoms. The van der Waals surface area contributed by atoms with Crippen molar-refractivity contribution in [2.45, 2.75) is 52.2 Å². The minimum Gasteiger partial charge on any atom is -0.336 e. The first-order valence-electron chi connectivity index (χ1n) is 7.81. The van der Waals surface area contributed by atoms with E-state index < -0.39 is 6.04 Å². The van der Waals surface area contributed by atoms with Crippen LogP contribution in [0.2, 0.25) is 0 Å². The Balaban J connectivity index is 0.00000264. The van der Waals surface area contributed by atoms with Gasteiger partial charge in [0.25, 0.3) is 0 Å². The molecular formula is C17H26ClN3O2. The van der Waals surface area contributed by atoms with Crippen LogP contribution >= 0.6 is 12.4 Å². The predicted molar refractivity (Wildman–Crippen MR) is 94.4 cm³/mol. The van der Waals surface area contributed by atoms with E-state index in [4.69, 9.17) is 5.73 Å². The number of nitrogens with zero attached hydrogens (tertiary/aromatic N) is 1. The average Bonchev–Trinajstić information content (AvgIpc) is 3.29. The first kappa shape index (κ1) is 19.5. The minimum atomic E-state index is -0.511. The molecule has 2 amide bonds. The van der Waals surface area contributed by atoms with E-state index >= 15 is 0 Å². The molecule has 1 aromatic rings. The Morgan fingerprint density at radius 2 is 1.83 bits per heavy atom. The second-order valence-corrected chi connectivity index (χ2v) is 6.33. The number of hydrogen-bond donors (Lipinski definition) is 2. The van der Waals surface area contributed by atoms with E-state index in [2.05, 4.69) is 5.32 Å². The first-order valence-corrected chi connectivity index (χ1v) is 7.81. The molecule has 5 nitrogen and oxygen atoms in total. The highest BCUT2D eigenvalue weighted by Gasteiger charge is 2.30. The molecule has 0 aromatic heterocycles. The maximum absolute atomic E-state index is 11.9. The summed E-state index contributed by atoms with van der Waals surface area (Å²) < 4.78 is 0. The molecule has 0 saturated heterocycles. The quantitative estimate of drug-likeness (QED) is 0.836. The van der Waals surface area contributed by atoms with Gasteiger partial charge in [-0.1, -0.05) is 26.0 Å². The fourth-order valence-corrected chi connectivity index (χ4v) is 2.30. The maximum Gasteiger partial charge on any atom is 0.241 e. The zero-order valence-electron chi connectivity index (χ0n) is 13.9. The van der Waals surface area contributed by atoms with Crippen molar-refractivity contribution in [3.05, 3.63) is 29.8 Å². The largest absolute Gasteiger partial charge is 0.336 e. The van der Waals surface area contributed by atoms with Crippen LogP contribution < -0.4 is 11.1 Å². The van der Waals surface area contributed by atoms with Crippen LogP contribution in [0.3, 0.4) is 0 Å². The van der Waals surface area contributed by atoms with Gasteiger partial charge < -0.3 is 16.0 Å². The van der Waals surface area contributed by atoms with Gasteiger partial charge in [-0.2, -0.15) is 0 Å². The SMILES string of the molecule is CC(=O)N(Cc1ccc(NC(=O)[C@@H](N)C(C)C)cc1)C1CC1.Cl. The van der Waals surface area contributed by atoms with Crippen molar-refractivity contribution in [3.8, 4) is 0 Å². The molecule has 6 heteroatoms. The molecule has 0 heterocycles.